The van der Waals surface area contributed by atoms with Gasteiger partial charge in [-0.2, -0.15) is 0 Å². The molecular weight excluding hydrogens is 178 g/mol. The van der Waals surface area contributed by atoms with Crippen LogP contribution in [0.15, 0.2) is 12.1 Å². The van der Waals surface area contributed by atoms with Gasteiger partial charge in [-0.05, 0) is 25.5 Å². The molecule has 0 spiro atoms. The first-order valence-corrected chi connectivity index (χ1v) is 4.83. The van der Waals surface area contributed by atoms with Crippen molar-refractivity contribution in [1.29, 1.82) is 0 Å². The molecule has 0 aliphatic heterocycles. The molecule has 0 aromatic carbocycles. The Bertz CT molecular complexity index is 310. The topological polar surface area (TPSA) is 39.2 Å². The molecule has 0 bridgehead atoms. The van der Waals surface area contributed by atoms with E-state index in [2.05, 4.69) is 11.9 Å². The maximum Gasteiger partial charge on any atom is 0.172 e. The molecule has 3 heteroatoms. The van der Waals surface area contributed by atoms with Gasteiger partial charge in [-0.1, -0.05) is 13.3 Å². The van der Waals surface area contributed by atoms with Crippen LogP contribution >= 0.6 is 0 Å². The van der Waals surface area contributed by atoms with Gasteiger partial charge in [0.25, 0.3) is 0 Å². The smallest absolute Gasteiger partial charge is 0.172 e. The molecule has 0 N–H and O–H groups in total. The minimum atomic E-state index is 0.390. The number of unbranched alkanes of at least 4 members (excludes halogenated alkanes) is 1. The van der Waals surface area contributed by atoms with E-state index in [-0.39, 0.29) is 0 Å². The second-order valence-electron chi connectivity index (χ2n) is 3.16. The minimum absolute atomic E-state index is 0.390. The number of ether oxygens (including phenoxy) is 1. The third-order valence-electron chi connectivity index (χ3n) is 1.89. The van der Waals surface area contributed by atoms with E-state index in [0.717, 1.165) is 24.8 Å². The summed E-state index contributed by atoms with van der Waals surface area (Å²) >= 11 is 0. The van der Waals surface area contributed by atoms with E-state index in [9.17, 15) is 4.79 Å². The van der Waals surface area contributed by atoms with Crippen LogP contribution in [0.2, 0.25) is 0 Å². The Hall–Kier alpha value is -1.38. The number of hydrogen-bond donors (Lipinski definition) is 0. The van der Waals surface area contributed by atoms with Crippen LogP contribution in [0.3, 0.4) is 0 Å². The van der Waals surface area contributed by atoms with Crippen molar-refractivity contribution in [1.82, 2.24) is 4.98 Å². The lowest BCUT2D eigenvalue weighted by Crippen LogP contribution is -2.01. The molecule has 1 rings (SSSR count). The lowest BCUT2D eigenvalue weighted by atomic mass is 10.3. The number of carbonyl (C=O) groups is 1. The maximum absolute atomic E-state index is 10.7. The largest absolute Gasteiger partial charge is 0.491 e. The van der Waals surface area contributed by atoms with Crippen molar-refractivity contribution in [2.24, 2.45) is 0 Å². The predicted molar refractivity (Wildman–Crippen MR) is 54.8 cm³/mol. The first-order chi connectivity index (χ1) is 6.77. The minimum Gasteiger partial charge on any atom is -0.491 e. The Morgan fingerprint density at radius 2 is 2.29 bits per heavy atom. The Morgan fingerprint density at radius 1 is 1.50 bits per heavy atom. The monoisotopic (exact) mass is 193 g/mol. The van der Waals surface area contributed by atoms with E-state index in [0.29, 0.717) is 18.1 Å². The molecule has 0 saturated carbocycles. The van der Waals surface area contributed by atoms with Crippen molar-refractivity contribution in [3.05, 3.63) is 23.5 Å². The quantitative estimate of drug-likeness (QED) is 0.532. The van der Waals surface area contributed by atoms with Gasteiger partial charge in [-0.3, -0.25) is 4.79 Å². The summed E-state index contributed by atoms with van der Waals surface area (Å²) in [4.78, 5) is 14.7. The molecular formula is C11H15NO2. The predicted octanol–water partition coefficient (Wildman–Crippen LogP) is 2.38. The van der Waals surface area contributed by atoms with Crippen molar-refractivity contribution in [2.75, 3.05) is 6.61 Å². The Morgan fingerprint density at radius 3 is 2.93 bits per heavy atom. The molecule has 0 atom stereocenters. The Kier molecular flexibility index (Phi) is 4.11. The molecule has 0 fully saturated rings. The first-order valence-electron chi connectivity index (χ1n) is 4.83. The molecule has 0 aliphatic rings. The van der Waals surface area contributed by atoms with Gasteiger partial charge >= 0.3 is 0 Å². The summed E-state index contributed by atoms with van der Waals surface area (Å²) in [6.07, 6.45) is 2.80. The van der Waals surface area contributed by atoms with Crippen LogP contribution in [0.1, 0.15) is 35.9 Å². The molecule has 0 unspecified atom stereocenters. The summed E-state index contributed by atoms with van der Waals surface area (Å²) in [6, 6.07) is 3.63. The van der Waals surface area contributed by atoms with Crippen molar-refractivity contribution < 1.29 is 9.53 Å². The van der Waals surface area contributed by atoms with E-state index in [1.54, 1.807) is 6.07 Å². The van der Waals surface area contributed by atoms with Crippen molar-refractivity contribution in [3.8, 4) is 5.75 Å². The highest BCUT2D eigenvalue weighted by Gasteiger charge is 2.03. The molecule has 0 radical (unpaired) electrons. The van der Waals surface area contributed by atoms with Crippen LogP contribution in [0.25, 0.3) is 0 Å². The number of rotatable bonds is 5. The number of nitrogens with zero attached hydrogens (tertiary/aromatic N) is 1. The summed E-state index contributed by atoms with van der Waals surface area (Å²) in [7, 11) is 0. The van der Waals surface area contributed by atoms with E-state index in [4.69, 9.17) is 4.74 Å². The van der Waals surface area contributed by atoms with Crippen LogP contribution < -0.4 is 4.74 Å². The molecule has 1 aromatic rings. The van der Waals surface area contributed by atoms with E-state index < -0.39 is 0 Å². The molecule has 0 saturated heterocycles. The van der Waals surface area contributed by atoms with E-state index >= 15 is 0 Å². The highest BCUT2D eigenvalue weighted by molar-refractivity contribution is 5.76. The standard InChI is InChI=1S/C11H15NO2/c1-3-4-7-14-11-6-5-9(2)12-10(11)8-13/h5-6,8H,3-4,7H2,1-2H3. The molecule has 3 nitrogen and oxygen atoms in total. The highest BCUT2D eigenvalue weighted by Crippen LogP contribution is 2.15. The number of aldehydes is 1. The average Bonchev–Trinajstić information content (AvgIpc) is 2.20. The molecule has 0 aliphatic carbocycles. The zero-order valence-electron chi connectivity index (χ0n) is 8.62. The van der Waals surface area contributed by atoms with Gasteiger partial charge in [0.2, 0.25) is 0 Å². The first kappa shape index (κ1) is 10.7. The van der Waals surface area contributed by atoms with Gasteiger partial charge in [0, 0.05) is 5.69 Å². The lowest BCUT2D eigenvalue weighted by molar-refractivity contribution is 0.111. The molecule has 0 amide bonds. The van der Waals surface area contributed by atoms with Gasteiger partial charge in [0.1, 0.15) is 11.4 Å². The van der Waals surface area contributed by atoms with Crippen molar-refractivity contribution >= 4 is 6.29 Å². The molecule has 1 aromatic heterocycles. The number of aryl methyl sites for hydroxylation is 1. The normalized spacial score (nSPS) is 9.86. The van der Waals surface area contributed by atoms with E-state index in [1.165, 1.54) is 0 Å². The van der Waals surface area contributed by atoms with Crippen LogP contribution in [0, 0.1) is 6.92 Å². The van der Waals surface area contributed by atoms with Crippen LogP contribution in [-0.2, 0) is 0 Å². The van der Waals surface area contributed by atoms with Gasteiger partial charge in [0.15, 0.2) is 6.29 Å². The summed E-state index contributed by atoms with van der Waals surface area (Å²) in [6.45, 7) is 4.59. The molecule has 1 heterocycles. The zero-order chi connectivity index (χ0) is 10.4. The number of hydrogen-bond acceptors (Lipinski definition) is 3. The molecule has 14 heavy (non-hydrogen) atoms. The van der Waals surface area contributed by atoms with Crippen molar-refractivity contribution in [2.45, 2.75) is 26.7 Å². The SMILES string of the molecule is CCCCOc1ccc(C)nc1C=O. The van der Waals surface area contributed by atoms with Gasteiger partial charge in [-0.25, -0.2) is 4.98 Å². The lowest BCUT2D eigenvalue weighted by Gasteiger charge is -2.07. The van der Waals surface area contributed by atoms with Gasteiger partial charge in [-0.15, -0.1) is 0 Å². The van der Waals surface area contributed by atoms with Gasteiger partial charge in [0.05, 0.1) is 6.61 Å². The van der Waals surface area contributed by atoms with Gasteiger partial charge < -0.3 is 4.74 Å². The van der Waals surface area contributed by atoms with Crippen LogP contribution in [0.4, 0.5) is 0 Å². The summed E-state index contributed by atoms with van der Waals surface area (Å²) in [5.74, 6) is 0.582. The fourth-order valence-electron chi connectivity index (χ4n) is 1.10. The summed E-state index contributed by atoms with van der Waals surface area (Å²) in [5, 5.41) is 0. The summed E-state index contributed by atoms with van der Waals surface area (Å²) in [5.41, 5.74) is 1.22. The second-order valence-corrected chi connectivity index (χ2v) is 3.16. The van der Waals surface area contributed by atoms with Crippen molar-refractivity contribution in [3.63, 3.8) is 0 Å². The van der Waals surface area contributed by atoms with Crippen LogP contribution in [-0.4, -0.2) is 17.9 Å². The van der Waals surface area contributed by atoms with E-state index in [1.807, 2.05) is 13.0 Å². The average molecular weight is 193 g/mol. The zero-order valence-corrected chi connectivity index (χ0v) is 8.62. The number of pyridine rings is 1. The highest BCUT2D eigenvalue weighted by atomic mass is 16.5. The third kappa shape index (κ3) is 2.83. The Labute approximate surface area is 84.1 Å². The fraction of sp³-hybridized carbons (Fsp3) is 0.455. The third-order valence-corrected chi connectivity index (χ3v) is 1.89. The maximum atomic E-state index is 10.7. The second kappa shape index (κ2) is 5.37. The fourth-order valence-corrected chi connectivity index (χ4v) is 1.10. The summed E-state index contributed by atoms with van der Waals surface area (Å²) < 4.78 is 5.43. The molecule has 76 valence electrons. The van der Waals surface area contributed by atoms with Crippen LogP contribution in [0.5, 0.6) is 5.75 Å². The Balaban J connectivity index is 2.70. The number of aromatic nitrogens is 1. The number of carbonyl (C=O) groups excluding carboxylic acids is 1.